The molecule has 124 valence electrons. The monoisotopic (exact) mass is 352 g/mol. The van der Waals surface area contributed by atoms with Gasteiger partial charge >= 0.3 is 0 Å². The molecule has 9 nitrogen and oxygen atoms in total. The summed E-state index contributed by atoms with van der Waals surface area (Å²) in [4.78, 5) is 17.7. The average Bonchev–Trinajstić information content (AvgIpc) is 3.41. The highest BCUT2D eigenvalue weighted by Gasteiger charge is 2.19. The molecule has 25 heavy (non-hydrogen) atoms. The molecule has 2 N–H and O–H groups in total. The minimum absolute atomic E-state index is 0.0794. The number of aromatic nitrogens is 7. The van der Waals surface area contributed by atoms with Crippen molar-refractivity contribution in [3.63, 3.8) is 0 Å². The number of carbonyl (C=O) groups is 1. The van der Waals surface area contributed by atoms with Crippen LogP contribution >= 0.6 is 11.3 Å². The van der Waals surface area contributed by atoms with Gasteiger partial charge in [-0.05, 0) is 23.6 Å². The van der Waals surface area contributed by atoms with Gasteiger partial charge in [-0.3, -0.25) is 4.79 Å². The largest absolute Gasteiger partial charge is 0.342 e. The summed E-state index contributed by atoms with van der Waals surface area (Å²) < 4.78 is 1.66. The maximum Gasteiger partial charge on any atom is 0.291 e. The molecule has 3 aromatic heterocycles. The highest BCUT2D eigenvalue weighted by Crippen LogP contribution is 2.25. The third kappa shape index (κ3) is 3.15. The number of hydrogen-bond acceptors (Lipinski definition) is 7. The molecule has 4 rings (SSSR count). The van der Waals surface area contributed by atoms with Crippen LogP contribution in [0.1, 0.15) is 16.4 Å². The fourth-order valence-electron chi connectivity index (χ4n) is 2.22. The molecule has 0 saturated heterocycles. The molecule has 0 aliphatic heterocycles. The lowest BCUT2D eigenvalue weighted by atomic mass is 10.3. The molecule has 10 heteroatoms. The molecular weight excluding hydrogens is 340 g/mol. The zero-order valence-electron chi connectivity index (χ0n) is 12.8. The van der Waals surface area contributed by atoms with Gasteiger partial charge < -0.3 is 5.32 Å². The second-order valence-electron chi connectivity index (χ2n) is 4.99. The quantitative estimate of drug-likeness (QED) is 0.562. The molecule has 0 aliphatic rings. The number of H-pyrrole nitrogens is 1. The highest BCUT2D eigenvalue weighted by molar-refractivity contribution is 7.13. The topological polar surface area (TPSA) is 114 Å². The molecule has 0 bridgehead atoms. The highest BCUT2D eigenvalue weighted by atomic mass is 32.1. The van der Waals surface area contributed by atoms with Gasteiger partial charge in [0.05, 0.1) is 17.1 Å². The Morgan fingerprint density at radius 3 is 2.80 bits per heavy atom. The van der Waals surface area contributed by atoms with Crippen LogP contribution in [0.15, 0.2) is 47.8 Å². The van der Waals surface area contributed by atoms with Crippen molar-refractivity contribution >= 4 is 17.2 Å². The number of nitrogens with zero attached hydrogens (tertiary/aromatic N) is 6. The second-order valence-corrected chi connectivity index (χ2v) is 5.94. The summed E-state index contributed by atoms with van der Waals surface area (Å²) in [5.74, 6) is 0.674. The lowest BCUT2D eigenvalue weighted by molar-refractivity contribution is 0.0939. The van der Waals surface area contributed by atoms with Gasteiger partial charge in [0, 0.05) is 0 Å². The maximum absolute atomic E-state index is 12.4. The van der Waals surface area contributed by atoms with Crippen molar-refractivity contribution < 1.29 is 4.79 Å². The SMILES string of the molecule is O=C(NCc1nn[nH]n1)c1nc(-c2cccs2)n(-c2ccccc2)n1. The average molecular weight is 352 g/mol. The molecule has 4 aromatic rings. The summed E-state index contributed by atoms with van der Waals surface area (Å²) in [6.07, 6.45) is 0. The molecule has 0 saturated carbocycles. The number of rotatable bonds is 5. The Labute approximate surface area is 145 Å². The first-order chi connectivity index (χ1) is 12.3. The molecular formula is C15H12N8OS. The zero-order valence-corrected chi connectivity index (χ0v) is 13.6. The molecule has 0 spiro atoms. The smallest absolute Gasteiger partial charge is 0.291 e. The number of hydrogen-bond donors (Lipinski definition) is 2. The third-order valence-corrected chi connectivity index (χ3v) is 4.21. The number of carbonyl (C=O) groups excluding carboxylic acids is 1. The summed E-state index contributed by atoms with van der Waals surface area (Å²) in [6.45, 7) is 0.142. The van der Waals surface area contributed by atoms with Crippen molar-refractivity contribution in [3.8, 4) is 16.4 Å². The van der Waals surface area contributed by atoms with Crippen LogP contribution in [-0.2, 0) is 6.54 Å². The number of nitrogens with one attached hydrogen (secondary N) is 2. The van der Waals surface area contributed by atoms with Crippen molar-refractivity contribution in [2.75, 3.05) is 0 Å². The van der Waals surface area contributed by atoms with E-state index in [2.05, 4.69) is 36.0 Å². The minimum atomic E-state index is -0.405. The maximum atomic E-state index is 12.4. The summed E-state index contributed by atoms with van der Waals surface area (Å²) in [7, 11) is 0. The van der Waals surface area contributed by atoms with Gasteiger partial charge in [0.2, 0.25) is 5.82 Å². The van der Waals surface area contributed by atoms with E-state index in [4.69, 9.17) is 0 Å². The standard InChI is InChI=1S/C15H12N8OS/c24-15(16-9-12-18-21-22-19-12)13-17-14(11-7-4-8-25-11)23(20-13)10-5-2-1-3-6-10/h1-8H,9H2,(H,16,24)(H,18,19,21,22). The molecule has 0 atom stereocenters. The Bertz CT molecular complexity index is 963. The van der Waals surface area contributed by atoms with E-state index >= 15 is 0 Å². The predicted molar refractivity (Wildman–Crippen MR) is 90.0 cm³/mol. The molecule has 0 fully saturated rings. The second kappa shape index (κ2) is 6.61. The number of amides is 1. The number of para-hydroxylation sites is 1. The van der Waals surface area contributed by atoms with Gasteiger partial charge in [0.15, 0.2) is 11.6 Å². The number of benzene rings is 1. The number of thiophene rings is 1. The van der Waals surface area contributed by atoms with Gasteiger partial charge in [0.1, 0.15) is 0 Å². The van der Waals surface area contributed by atoms with Gasteiger partial charge in [-0.25, -0.2) is 9.67 Å². The van der Waals surface area contributed by atoms with Gasteiger partial charge in [-0.1, -0.05) is 29.5 Å². The molecule has 0 radical (unpaired) electrons. The Kier molecular flexibility index (Phi) is 4.01. The molecule has 1 amide bonds. The molecule has 0 aliphatic carbocycles. The van der Waals surface area contributed by atoms with Crippen molar-refractivity contribution in [2.45, 2.75) is 6.54 Å². The number of aromatic amines is 1. The van der Waals surface area contributed by atoms with E-state index in [-0.39, 0.29) is 12.4 Å². The normalized spacial score (nSPS) is 10.7. The first kappa shape index (κ1) is 15.1. The minimum Gasteiger partial charge on any atom is -0.342 e. The van der Waals surface area contributed by atoms with E-state index in [0.717, 1.165) is 10.6 Å². The van der Waals surface area contributed by atoms with E-state index in [9.17, 15) is 4.79 Å². The first-order valence-corrected chi connectivity index (χ1v) is 8.26. The first-order valence-electron chi connectivity index (χ1n) is 7.38. The Morgan fingerprint density at radius 2 is 2.08 bits per heavy atom. The van der Waals surface area contributed by atoms with Crippen LogP contribution in [-0.4, -0.2) is 41.3 Å². The summed E-state index contributed by atoms with van der Waals surface area (Å²) in [5.41, 5.74) is 0.829. The predicted octanol–water partition coefficient (Wildman–Crippen LogP) is 1.44. The number of tetrazole rings is 1. The van der Waals surface area contributed by atoms with Crippen LogP contribution in [0, 0.1) is 0 Å². The molecule has 1 aromatic carbocycles. The fraction of sp³-hybridized carbons (Fsp3) is 0.0667. The van der Waals surface area contributed by atoms with Crippen LogP contribution in [0.4, 0.5) is 0 Å². The van der Waals surface area contributed by atoms with E-state index in [1.54, 1.807) is 4.68 Å². The van der Waals surface area contributed by atoms with E-state index in [0.29, 0.717) is 11.6 Å². The van der Waals surface area contributed by atoms with Crippen molar-refractivity contribution in [1.82, 2.24) is 40.7 Å². The summed E-state index contributed by atoms with van der Waals surface area (Å²) in [5, 5.41) is 22.4. The Balaban J connectivity index is 1.66. The van der Waals surface area contributed by atoms with Crippen LogP contribution in [0.2, 0.25) is 0 Å². The summed E-state index contributed by atoms with van der Waals surface area (Å²) in [6, 6.07) is 13.4. The lowest BCUT2D eigenvalue weighted by Gasteiger charge is -2.03. The van der Waals surface area contributed by atoms with E-state index in [1.165, 1.54) is 11.3 Å². The Hall–Kier alpha value is -3.40. The van der Waals surface area contributed by atoms with Crippen molar-refractivity contribution in [1.29, 1.82) is 0 Å². The van der Waals surface area contributed by atoms with Crippen LogP contribution < -0.4 is 5.32 Å². The van der Waals surface area contributed by atoms with E-state index in [1.807, 2.05) is 47.8 Å². The van der Waals surface area contributed by atoms with Gasteiger partial charge in [-0.2, -0.15) is 5.21 Å². The van der Waals surface area contributed by atoms with Gasteiger partial charge in [0.25, 0.3) is 5.91 Å². The summed E-state index contributed by atoms with van der Waals surface area (Å²) >= 11 is 1.53. The lowest BCUT2D eigenvalue weighted by Crippen LogP contribution is -2.24. The van der Waals surface area contributed by atoms with Crippen molar-refractivity contribution in [3.05, 3.63) is 59.5 Å². The van der Waals surface area contributed by atoms with E-state index < -0.39 is 5.91 Å². The molecule has 0 unspecified atom stereocenters. The zero-order chi connectivity index (χ0) is 17.1. The molecule has 3 heterocycles. The van der Waals surface area contributed by atoms with Crippen molar-refractivity contribution in [2.24, 2.45) is 0 Å². The van der Waals surface area contributed by atoms with Crippen LogP contribution in [0.3, 0.4) is 0 Å². The fourth-order valence-corrected chi connectivity index (χ4v) is 2.92. The third-order valence-electron chi connectivity index (χ3n) is 3.35. The Morgan fingerprint density at radius 1 is 1.20 bits per heavy atom. The van der Waals surface area contributed by atoms with Crippen LogP contribution in [0.25, 0.3) is 16.4 Å². The van der Waals surface area contributed by atoms with Crippen LogP contribution in [0.5, 0.6) is 0 Å². The van der Waals surface area contributed by atoms with Gasteiger partial charge in [-0.15, -0.1) is 26.6 Å².